The Bertz CT molecular complexity index is 737. The van der Waals surface area contributed by atoms with E-state index in [0.717, 1.165) is 5.56 Å². The molecule has 0 spiro atoms. The van der Waals surface area contributed by atoms with Crippen molar-refractivity contribution in [2.75, 3.05) is 7.11 Å². The number of allylic oxidation sites excluding steroid dienone is 1. The van der Waals surface area contributed by atoms with Crippen LogP contribution < -0.4 is 9.47 Å². The van der Waals surface area contributed by atoms with Crippen LogP contribution in [0.15, 0.2) is 54.1 Å². The highest BCUT2D eigenvalue weighted by molar-refractivity contribution is 5.67. The van der Waals surface area contributed by atoms with Gasteiger partial charge >= 0.3 is 0 Å². The van der Waals surface area contributed by atoms with E-state index in [0.29, 0.717) is 23.7 Å². The van der Waals surface area contributed by atoms with Crippen LogP contribution in [0.25, 0.3) is 6.08 Å². The van der Waals surface area contributed by atoms with Crippen LogP contribution in [0.4, 0.5) is 0 Å². The van der Waals surface area contributed by atoms with Gasteiger partial charge in [0.15, 0.2) is 0 Å². The number of nitrogens with zero attached hydrogens (tertiary/aromatic N) is 2. The van der Waals surface area contributed by atoms with Gasteiger partial charge < -0.3 is 9.47 Å². The summed E-state index contributed by atoms with van der Waals surface area (Å²) < 4.78 is 11.0. The second-order valence-electron chi connectivity index (χ2n) is 4.46. The van der Waals surface area contributed by atoms with Gasteiger partial charge in [-0.3, -0.25) is 0 Å². The predicted octanol–water partition coefficient (Wildman–Crippen LogP) is 3.70. The summed E-state index contributed by atoms with van der Waals surface area (Å²) in [5.74, 6) is 1.22. The Labute approximate surface area is 129 Å². The van der Waals surface area contributed by atoms with Gasteiger partial charge in [0.05, 0.1) is 7.11 Å². The summed E-state index contributed by atoms with van der Waals surface area (Å²) in [5, 5.41) is 17.7. The van der Waals surface area contributed by atoms with Crippen molar-refractivity contribution in [3.63, 3.8) is 0 Å². The van der Waals surface area contributed by atoms with Crippen LogP contribution in [0.2, 0.25) is 0 Å². The third-order valence-corrected chi connectivity index (χ3v) is 2.99. The third kappa shape index (κ3) is 3.88. The molecule has 108 valence electrons. The van der Waals surface area contributed by atoms with E-state index in [9.17, 15) is 0 Å². The van der Waals surface area contributed by atoms with Crippen LogP contribution >= 0.6 is 0 Å². The summed E-state index contributed by atoms with van der Waals surface area (Å²) in [6, 6.07) is 18.8. The molecule has 0 aliphatic heterocycles. The van der Waals surface area contributed by atoms with Crippen LogP contribution in [0.5, 0.6) is 11.5 Å². The summed E-state index contributed by atoms with van der Waals surface area (Å²) in [6.45, 7) is 0.444. The zero-order chi connectivity index (χ0) is 15.8. The Morgan fingerprint density at radius 1 is 1.09 bits per heavy atom. The largest absolute Gasteiger partial charge is 0.496 e. The monoisotopic (exact) mass is 290 g/mol. The van der Waals surface area contributed by atoms with Crippen LogP contribution in [-0.4, -0.2) is 7.11 Å². The molecule has 0 heterocycles. The lowest BCUT2D eigenvalue weighted by Crippen LogP contribution is -1.96. The molecule has 22 heavy (non-hydrogen) atoms. The van der Waals surface area contributed by atoms with Crippen LogP contribution in [-0.2, 0) is 6.61 Å². The fraction of sp³-hybridized carbons (Fsp3) is 0.111. The van der Waals surface area contributed by atoms with Crippen molar-refractivity contribution in [1.29, 1.82) is 10.5 Å². The van der Waals surface area contributed by atoms with Gasteiger partial charge in [-0.15, -0.1) is 0 Å². The van der Waals surface area contributed by atoms with Crippen molar-refractivity contribution in [3.8, 4) is 23.6 Å². The van der Waals surface area contributed by atoms with Crippen molar-refractivity contribution in [3.05, 3.63) is 65.2 Å². The molecule has 0 fully saturated rings. The summed E-state index contributed by atoms with van der Waals surface area (Å²) in [6.07, 6.45) is 1.48. The Kier molecular flexibility index (Phi) is 5.18. The minimum absolute atomic E-state index is 0.0125. The molecule has 0 saturated heterocycles. The highest BCUT2D eigenvalue weighted by Crippen LogP contribution is 2.26. The molecule has 0 amide bonds. The minimum Gasteiger partial charge on any atom is -0.496 e. The molecule has 0 N–H and O–H groups in total. The molecular formula is C18H14N2O2. The zero-order valence-electron chi connectivity index (χ0n) is 12.1. The second-order valence-corrected chi connectivity index (χ2v) is 4.46. The van der Waals surface area contributed by atoms with Gasteiger partial charge in [0.1, 0.15) is 35.8 Å². The van der Waals surface area contributed by atoms with Gasteiger partial charge in [0, 0.05) is 5.56 Å². The molecule has 0 aliphatic rings. The molecule has 4 nitrogen and oxygen atoms in total. The standard InChI is InChI=1S/C18H14N2O2/c1-21-18-8-7-17(10-16(18)9-15(11-19)12-20)22-13-14-5-3-2-4-6-14/h2-10H,13H2,1H3. The zero-order valence-corrected chi connectivity index (χ0v) is 12.1. The number of methoxy groups -OCH3 is 1. The molecule has 2 aromatic rings. The molecule has 0 aliphatic carbocycles. The van der Waals surface area contributed by atoms with Crippen molar-refractivity contribution in [2.45, 2.75) is 6.61 Å². The molecule has 2 aromatic carbocycles. The van der Waals surface area contributed by atoms with E-state index in [2.05, 4.69) is 0 Å². The lowest BCUT2D eigenvalue weighted by molar-refractivity contribution is 0.305. The minimum atomic E-state index is 0.0125. The number of rotatable bonds is 5. The highest BCUT2D eigenvalue weighted by atomic mass is 16.5. The van der Waals surface area contributed by atoms with E-state index < -0.39 is 0 Å². The van der Waals surface area contributed by atoms with Crippen molar-refractivity contribution in [1.82, 2.24) is 0 Å². The lowest BCUT2D eigenvalue weighted by atomic mass is 10.1. The first kappa shape index (κ1) is 15.2. The number of benzene rings is 2. The van der Waals surface area contributed by atoms with Crippen molar-refractivity contribution < 1.29 is 9.47 Å². The fourth-order valence-corrected chi connectivity index (χ4v) is 1.90. The first-order valence-corrected chi connectivity index (χ1v) is 6.63. The molecule has 0 saturated carbocycles. The van der Waals surface area contributed by atoms with Gasteiger partial charge in [-0.05, 0) is 29.8 Å². The first-order valence-electron chi connectivity index (χ1n) is 6.63. The normalized spacial score (nSPS) is 9.23. The number of ether oxygens (including phenoxy) is 2. The van der Waals surface area contributed by atoms with Gasteiger partial charge in [0.2, 0.25) is 0 Å². The lowest BCUT2D eigenvalue weighted by Gasteiger charge is -2.10. The average molecular weight is 290 g/mol. The van der Waals surface area contributed by atoms with Crippen LogP contribution in [0.1, 0.15) is 11.1 Å². The fourth-order valence-electron chi connectivity index (χ4n) is 1.90. The number of hydrogen-bond acceptors (Lipinski definition) is 4. The van der Waals surface area contributed by atoms with Crippen LogP contribution in [0.3, 0.4) is 0 Å². The Morgan fingerprint density at radius 3 is 2.45 bits per heavy atom. The van der Waals surface area contributed by atoms with Gasteiger partial charge in [-0.2, -0.15) is 10.5 Å². The summed E-state index contributed by atoms with van der Waals surface area (Å²) >= 11 is 0. The van der Waals surface area contributed by atoms with E-state index in [4.69, 9.17) is 20.0 Å². The quantitative estimate of drug-likeness (QED) is 0.787. The Hall–Kier alpha value is -3.24. The van der Waals surface area contributed by atoms with E-state index in [1.165, 1.54) is 13.2 Å². The molecule has 0 aromatic heterocycles. The highest BCUT2D eigenvalue weighted by Gasteiger charge is 2.05. The average Bonchev–Trinajstić information content (AvgIpc) is 2.58. The van der Waals surface area contributed by atoms with Gasteiger partial charge in [-0.1, -0.05) is 30.3 Å². The number of hydrogen-bond donors (Lipinski definition) is 0. The second kappa shape index (κ2) is 7.52. The van der Waals surface area contributed by atoms with E-state index in [1.807, 2.05) is 42.5 Å². The Morgan fingerprint density at radius 2 is 1.82 bits per heavy atom. The topological polar surface area (TPSA) is 66.0 Å². The summed E-state index contributed by atoms with van der Waals surface area (Å²) in [4.78, 5) is 0. The summed E-state index contributed by atoms with van der Waals surface area (Å²) in [5.41, 5.74) is 1.70. The molecule has 0 atom stereocenters. The molecule has 4 heteroatoms. The molecular weight excluding hydrogens is 276 g/mol. The molecule has 2 rings (SSSR count). The third-order valence-electron chi connectivity index (χ3n) is 2.99. The molecule has 0 bridgehead atoms. The van der Waals surface area contributed by atoms with Gasteiger partial charge in [-0.25, -0.2) is 0 Å². The predicted molar refractivity (Wildman–Crippen MR) is 83.0 cm³/mol. The number of nitriles is 2. The smallest absolute Gasteiger partial charge is 0.130 e. The maximum Gasteiger partial charge on any atom is 0.130 e. The van der Waals surface area contributed by atoms with Crippen LogP contribution in [0, 0.1) is 22.7 Å². The summed E-state index contributed by atoms with van der Waals surface area (Å²) in [7, 11) is 1.54. The van der Waals surface area contributed by atoms with Crippen molar-refractivity contribution >= 4 is 6.08 Å². The SMILES string of the molecule is COc1ccc(OCc2ccccc2)cc1C=C(C#N)C#N. The first-order chi connectivity index (χ1) is 10.8. The van der Waals surface area contributed by atoms with Crippen molar-refractivity contribution in [2.24, 2.45) is 0 Å². The maximum absolute atomic E-state index is 8.86. The van der Waals surface area contributed by atoms with E-state index >= 15 is 0 Å². The van der Waals surface area contributed by atoms with Gasteiger partial charge in [0.25, 0.3) is 0 Å². The molecule has 0 radical (unpaired) electrons. The molecule has 0 unspecified atom stereocenters. The van der Waals surface area contributed by atoms with E-state index in [-0.39, 0.29) is 5.57 Å². The van der Waals surface area contributed by atoms with E-state index in [1.54, 1.807) is 18.2 Å². The Balaban J connectivity index is 2.22. The maximum atomic E-state index is 8.86.